The summed E-state index contributed by atoms with van der Waals surface area (Å²) in [5.41, 5.74) is 0.616. The van der Waals surface area contributed by atoms with Crippen molar-refractivity contribution in [2.24, 2.45) is 0 Å². The van der Waals surface area contributed by atoms with Crippen LogP contribution >= 0.6 is 23.4 Å². The minimum absolute atomic E-state index is 0.0735. The van der Waals surface area contributed by atoms with Gasteiger partial charge in [0.15, 0.2) is 0 Å². The van der Waals surface area contributed by atoms with Gasteiger partial charge in [0.2, 0.25) is 5.16 Å². The number of nitro benzene ring substituents is 1. The molecule has 0 fully saturated rings. The summed E-state index contributed by atoms with van der Waals surface area (Å²) in [4.78, 5) is 10.9. The molecular weight excluding hydrogens is 366 g/mol. The largest absolute Gasteiger partial charge is 0.492 e. The fraction of sp³-hybridized carbons (Fsp3) is 0.133. The van der Waals surface area contributed by atoms with Gasteiger partial charge in [-0.2, -0.15) is 4.68 Å². The van der Waals surface area contributed by atoms with Crippen LogP contribution in [0, 0.1) is 10.1 Å². The lowest BCUT2D eigenvalue weighted by molar-refractivity contribution is -0.384. The topological polar surface area (TPSA) is 96.0 Å². The minimum atomic E-state index is -0.497. The molecule has 0 aliphatic rings. The predicted octanol–water partition coefficient (Wildman–Crippen LogP) is 3.77. The van der Waals surface area contributed by atoms with Crippen LogP contribution in [0.3, 0.4) is 0 Å². The average Bonchev–Trinajstić information content (AvgIpc) is 3.05. The molecule has 1 heterocycles. The number of nitro groups is 1. The van der Waals surface area contributed by atoms with Gasteiger partial charge in [-0.15, -0.1) is 5.10 Å². The fourth-order valence-corrected chi connectivity index (χ4v) is 3.17. The van der Waals surface area contributed by atoms with E-state index in [-0.39, 0.29) is 10.7 Å². The third-order valence-corrected chi connectivity index (χ3v) is 4.60. The first-order valence-electron chi connectivity index (χ1n) is 7.22. The van der Waals surface area contributed by atoms with Crippen LogP contribution in [-0.2, 0) is 0 Å². The predicted molar refractivity (Wildman–Crippen MR) is 92.6 cm³/mol. The molecule has 0 atom stereocenters. The highest BCUT2D eigenvalue weighted by molar-refractivity contribution is 7.99. The van der Waals surface area contributed by atoms with Crippen LogP contribution in [0.25, 0.3) is 5.69 Å². The molecule has 0 radical (unpaired) electrons. The smallest absolute Gasteiger partial charge is 0.270 e. The number of ether oxygens (including phenoxy) is 1. The van der Waals surface area contributed by atoms with E-state index in [1.807, 2.05) is 31.2 Å². The maximum Gasteiger partial charge on any atom is 0.270 e. The molecule has 0 saturated heterocycles. The number of benzene rings is 2. The normalized spacial score (nSPS) is 10.6. The first-order valence-corrected chi connectivity index (χ1v) is 8.42. The van der Waals surface area contributed by atoms with Gasteiger partial charge >= 0.3 is 0 Å². The highest BCUT2D eigenvalue weighted by atomic mass is 35.5. The molecule has 3 aromatic rings. The summed E-state index contributed by atoms with van der Waals surface area (Å²) < 4.78 is 7.14. The van der Waals surface area contributed by atoms with Gasteiger partial charge in [-0.05, 0) is 47.3 Å². The molecule has 3 rings (SSSR count). The Morgan fingerprint density at radius 1 is 1.32 bits per heavy atom. The number of non-ortho nitro benzene ring substituents is 1. The SMILES string of the molecule is CCOc1ccccc1-n1nnnc1Sc1ccc([N+](=O)[O-])cc1Cl. The number of aromatic nitrogens is 4. The van der Waals surface area contributed by atoms with Gasteiger partial charge in [-0.1, -0.05) is 23.7 Å². The molecule has 0 saturated carbocycles. The first-order chi connectivity index (χ1) is 12.1. The van der Waals surface area contributed by atoms with Crippen molar-refractivity contribution in [1.82, 2.24) is 20.2 Å². The van der Waals surface area contributed by atoms with Gasteiger partial charge in [0.1, 0.15) is 11.4 Å². The van der Waals surface area contributed by atoms with Crippen LogP contribution in [-0.4, -0.2) is 31.7 Å². The summed E-state index contributed by atoms with van der Waals surface area (Å²) in [6, 6.07) is 11.6. The molecule has 128 valence electrons. The van der Waals surface area contributed by atoms with Crippen molar-refractivity contribution in [2.45, 2.75) is 17.0 Å². The van der Waals surface area contributed by atoms with Crippen molar-refractivity contribution in [3.63, 3.8) is 0 Å². The van der Waals surface area contributed by atoms with Crippen LogP contribution in [0.2, 0.25) is 5.02 Å². The molecule has 1 aromatic heterocycles. The van der Waals surface area contributed by atoms with E-state index in [0.29, 0.717) is 28.1 Å². The molecule has 2 aromatic carbocycles. The Bertz CT molecular complexity index is 918. The Morgan fingerprint density at radius 3 is 2.84 bits per heavy atom. The molecule has 0 spiro atoms. The Kier molecular flexibility index (Phi) is 5.15. The summed E-state index contributed by atoms with van der Waals surface area (Å²) >= 11 is 7.35. The summed E-state index contributed by atoms with van der Waals surface area (Å²) in [6.45, 7) is 2.40. The zero-order valence-corrected chi connectivity index (χ0v) is 14.6. The van der Waals surface area contributed by atoms with E-state index in [1.165, 1.54) is 28.6 Å². The van der Waals surface area contributed by atoms with Crippen LogP contribution in [0.15, 0.2) is 52.5 Å². The number of hydrogen-bond acceptors (Lipinski definition) is 7. The fourth-order valence-electron chi connectivity index (χ4n) is 2.09. The second kappa shape index (κ2) is 7.49. The van der Waals surface area contributed by atoms with E-state index >= 15 is 0 Å². The van der Waals surface area contributed by atoms with E-state index in [4.69, 9.17) is 16.3 Å². The van der Waals surface area contributed by atoms with Gasteiger partial charge in [0, 0.05) is 17.0 Å². The summed E-state index contributed by atoms with van der Waals surface area (Å²) in [5.74, 6) is 0.647. The van der Waals surface area contributed by atoms with Crippen molar-refractivity contribution in [3.8, 4) is 11.4 Å². The molecule has 8 nitrogen and oxygen atoms in total. The van der Waals surface area contributed by atoms with Crippen LogP contribution < -0.4 is 4.74 Å². The third kappa shape index (κ3) is 3.72. The molecule has 0 bridgehead atoms. The maximum absolute atomic E-state index is 10.8. The minimum Gasteiger partial charge on any atom is -0.492 e. The lowest BCUT2D eigenvalue weighted by Crippen LogP contribution is -2.03. The lowest BCUT2D eigenvalue weighted by Gasteiger charge is -2.10. The van der Waals surface area contributed by atoms with Crippen LogP contribution in [0.5, 0.6) is 5.75 Å². The second-order valence-corrected chi connectivity index (χ2v) is 6.16. The Morgan fingerprint density at radius 2 is 2.12 bits per heavy atom. The lowest BCUT2D eigenvalue weighted by atomic mass is 10.3. The monoisotopic (exact) mass is 377 g/mol. The Labute approximate surface area is 151 Å². The summed E-state index contributed by atoms with van der Waals surface area (Å²) in [6.07, 6.45) is 0. The standard InChI is InChI=1S/C15H12ClN5O3S/c1-2-24-13-6-4-3-5-12(13)20-15(17-18-19-20)25-14-8-7-10(21(22)23)9-11(14)16/h3-9H,2H2,1H3. The summed E-state index contributed by atoms with van der Waals surface area (Å²) in [5, 5.41) is 23.2. The van der Waals surface area contributed by atoms with Crippen LogP contribution in [0.4, 0.5) is 5.69 Å². The van der Waals surface area contributed by atoms with Crippen molar-refractivity contribution in [2.75, 3.05) is 6.61 Å². The number of halogens is 1. The van der Waals surface area contributed by atoms with Gasteiger partial charge in [0.05, 0.1) is 16.6 Å². The molecule has 10 heteroatoms. The van der Waals surface area contributed by atoms with E-state index in [9.17, 15) is 10.1 Å². The van der Waals surface area contributed by atoms with Gasteiger partial charge in [-0.3, -0.25) is 10.1 Å². The molecule has 0 aliphatic carbocycles. The maximum atomic E-state index is 10.8. The Hall–Kier alpha value is -2.65. The van der Waals surface area contributed by atoms with Crippen molar-refractivity contribution >= 4 is 29.1 Å². The number of tetrazole rings is 1. The zero-order chi connectivity index (χ0) is 17.8. The number of nitrogens with zero attached hydrogens (tertiary/aromatic N) is 5. The molecule has 25 heavy (non-hydrogen) atoms. The number of rotatable bonds is 6. The highest BCUT2D eigenvalue weighted by Crippen LogP contribution is 2.35. The van der Waals surface area contributed by atoms with E-state index in [0.717, 1.165) is 0 Å². The van der Waals surface area contributed by atoms with E-state index in [2.05, 4.69) is 15.5 Å². The molecule has 0 unspecified atom stereocenters. The average molecular weight is 378 g/mol. The zero-order valence-electron chi connectivity index (χ0n) is 13.0. The number of hydrogen-bond donors (Lipinski definition) is 0. The summed E-state index contributed by atoms with van der Waals surface area (Å²) in [7, 11) is 0. The van der Waals surface area contributed by atoms with Crippen LogP contribution in [0.1, 0.15) is 6.92 Å². The Balaban J connectivity index is 1.95. The first kappa shape index (κ1) is 17.2. The van der Waals surface area contributed by atoms with Crippen molar-refractivity contribution in [1.29, 1.82) is 0 Å². The quantitative estimate of drug-likeness (QED) is 0.476. The molecule has 0 N–H and O–H groups in total. The van der Waals surface area contributed by atoms with Crippen molar-refractivity contribution in [3.05, 3.63) is 57.6 Å². The molecule has 0 aliphatic heterocycles. The van der Waals surface area contributed by atoms with Gasteiger partial charge in [0.25, 0.3) is 5.69 Å². The number of para-hydroxylation sites is 2. The van der Waals surface area contributed by atoms with E-state index < -0.39 is 4.92 Å². The third-order valence-electron chi connectivity index (χ3n) is 3.16. The second-order valence-electron chi connectivity index (χ2n) is 4.75. The molecular formula is C15H12ClN5O3S. The van der Waals surface area contributed by atoms with E-state index in [1.54, 1.807) is 6.07 Å². The van der Waals surface area contributed by atoms with Gasteiger partial charge in [-0.25, -0.2) is 0 Å². The molecule has 0 amide bonds. The highest BCUT2D eigenvalue weighted by Gasteiger charge is 2.17. The van der Waals surface area contributed by atoms with Gasteiger partial charge < -0.3 is 4.74 Å². The van der Waals surface area contributed by atoms with Crippen molar-refractivity contribution < 1.29 is 9.66 Å².